The molecule has 9 heteroatoms. The number of hydrogen-bond donors (Lipinski definition) is 1. The van der Waals surface area contributed by atoms with Crippen molar-refractivity contribution in [3.05, 3.63) is 41.8 Å². The van der Waals surface area contributed by atoms with E-state index in [-0.39, 0.29) is 36.9 Å². The lowest BCUT2D eigenvalue weighted by Gasteiger charge is -2.32. The molecule has 0 saturated carbocycles. The van der Waals surface area contributed by atoms with E-state index in [2.05, 4.69) is 15.5 Å². The molecule has 2 heterocycles. The van der Waals surface area contributed by atoms with Crippen LogP contribution in [-0.2, 0) is 17.9 Å². The molecule has 0 aliphatic carbocycles. The maximum atomic E-state index is 13.6. The van der Waals surface area contributed by atoms with Crippen LogP contribution in [0.4, 0.5) is 9.18 Å². The Kier molecular flexibility index (Phi) is 6.00. The molecule has 26 heavy (non-hydrogen) atoms. The highest BCUT2D eigenvalue weighted by molar-refractivity contribution is 5.74. The summed E-state index contributed by atoms with van der Waals surface area (Å²) in [4.78, 5) is 18.0. The molecule has 1 aromatic heterocycles. The number of carbonyl (C=O) groups excluding carboxylic acids is 1. The van der Waals surface area contributed by atoms with Gasteiger partial charge in [-0.1, -0.05) is 17.3 Å². The number of rotatable bonds is 6. The van der Waals surface area contributed by atoms with Crippen molar-refractivity contribution in [2.24, 2.45) is 0 Å². The second kappa shape index (κ2) is 8.61. The molecule has 1 aromatic carbocycles. The summed E-state index contributed by atoms with van der Waals surface area (Å²) < 4.78 is 29.3. The average molecular weight is 364 g/mol. The van der Waals surface area contributed by atoms with Gasteiger partial charge in [-0.2, -0.15) is 4.98 Å². The number of aromatic nitrogens is 2. The van der Waals surface area contributed by atoms with Gasteiger partial charge in [0.15, 0.2) is 17.4 Å². The van der Waals surface area contributed by atoms with Gasteiger partial charge in [-0.25, -0.2) is 9.18 Å². The van der Waals surface area contributed by atoms with E-state index < -0.39 is 0 Å². The molecule has 140 valence electrons. The van der Waals surface area contributed by atoms with E-state index in [1.165, 1.54) is 13.2 Å². The second-order valence-corrected chi connectivity index (χ2v) is 5.93. The van der Waals surface area contributed by atoms with Gasteiger partial charge in [-0.05, 0) is 12.1 Å². The van der Waals surface area contributed by atoms with Crippen molar-refractivity contribution in [3.8, 4) is 5.75 Å². The Morgan fingerprint density at radius 1 is 1.38 bits per heavy atom. The number of methoxy groups -OCH3 is 1. The molecule has 0 spiro atoms. The lowest BCUT2D eigenvalue weighted by Crippen LogP contribution is -2.46. The number of halogens is 1. The number of benzene rings is 1. The minimum absolute atomic E-state index is 0.108. The van der Waals surface area contributed by atoms with Gasteiger partial charge in [0.1, 0.15) is 12.7 Å². The summed E-state index contributed by atoms with van der Waals surface area (Å²) in [5.74, 6) is 0.629. The molecular formula is C17H21FN4O4. The highest BCUT2D eigenvalue weighted by Gasteiger charge is 2.24. The summed E-state index contributed by atoms with van der Waals surface area (Å²) in [7, 11) is 1.54. The summed E-state index contributed by atoms with van der Waals surface area (Å²) in [6.45, 7) is 1.47. The number of carbonyl (C=O) groups is 1. The monoisotopic (exact) mass is 364 g/mol. The maximum Gasteiger partial charge on any atom is 0.317 e. The molecule has 3 rings (SSSR count). The van der Waals surface area contributed by atoms with Crippen molar-refractivity contribution in [3.63, 3.8) is 0 Å². The van der Waals surface area contributed by atoms with Crippen LogP contribution in [0, 0.1) is 5.82 Å². The predicted octanol–water partition coefficient (Wildman–Crippen LogP) is 2.11. The van der Waals surface area contributed by atoms with Crippen molar-refractivity contribution < 1.29 is 23.2 Å². The zero-order valence-corrected chi connectivity index (χ0v) is 14.5. The summed E-state index contributed by atoms with van der Waals surface area (Å²) in [5.41, 5.74) is 0. The SMILES string of the molecule is COCc1noc(CNC(=O)N2CCC(Oc3ccccc3F)CC2)n1. The fourth-order valence-electron chi connectivity index (χ4n) is 2.71. The minimum Gasteiger partial charge on any atom is -0.487 e. The van der Waals surface area contributed by atoms with Crippen molar-refractivity contribution >= 4 is 6.03 Å². The quantitative estimate of drug-likeness (QED) is 0.844. The lowest BCUT2D eigenvalue weighted by molar-refractivity contribution is 0.107. The Morgan fingerprint density at radius 3 is 2.88 bits per heavy atom. The number of amides is 2. The molecule has 0 radical (unpaired) electrons. The summed E-state index contributed by atoms with van der Waals surface area (Å²) >= 11 is 0. The van der Waals surface area contributed by atoms with Crippen LogP contribution in [0.2, 0.25) is 0 Å². The molecule has 8 nitrogen and oxygen atoms in total. The third-order valence-corrected chi connectivity index (χ3v) is 4.03. The van der Waals surface area contributed by atoms with Gasteiger partial charge < -0.3 is 24.2 Å². The Bertz CT molecular complexity index is 731. The van der Waals surface area contributed by atoms with E-state index in [9.17, 15) is 9.18 Å². The Labute approximate surface area is 150 Å². The van der Waals surface area contributed by atoms with Crippen LogP contribution in [0.15, 0.2) is 28.8 Å². The number of likely N-dealkylation sites (tertiary alicyclic amines) is 1. The standard InChI is InChI=1S/C17H21FN4O4/c1-24-11-15-20-16(26-21-15)10-19-17(23)22-8-6-12(7-9-22)25-14-5-3-2-4-13(14)18/h2-5,12H,6-11H2,1H3,(H,19,23). The normalized spacial score (nSPS) is 15.1. The summed E-state index contributed by atoms with van der Waals surface area (Å²) in [6, 6.07) is 6.12. The number of hydrogen-bond acceptors (Lipinski definition) is 6. The first-order valence-corrected chi connectivity index (χ1v) is 8.40. The number of ether oxygens (including phenoxy) is 2. The van der Waals surface area contributed by atoms with E-state index in [1.54, 1.807) is 23.1 Å². The average Bonchev–Trinajstić information content (AvgIpc) is 3.10. The molecule has 0 atom stereocenters. The van der Waals surface area contributed by atoms with E-state index in [0.717, 1.165) is 0 Å². The third kappa shape index (κ3) is 4.69. The highest BCUT2D eigenvalue weighted by atomic mass is 19.1. The predicted molar refractivity (Wildman–Crippen MR) is 88.9 cm³/mol. The molecule has 1 saturated heterocycles. The van der Waals surface area contributed by atoms with Gasteiger partial charge in [0.05, 0.1) is 6.54 Å². The van der Waals surface area contributed by atoms with Crippen LogP contribution in [0.1, 0.15) is 24.6 Å². The van der Waals surface area contributed by atoms with E-state index >= 15 is 0 Å². The maximum absolute atomic E-state index is 13.6. The summed E-state index contributed by atoms with van der Waals surface area (Å²) in [5, 5.41) is 6.48. The number of urea groups is 1. The van der Waals surface area contributed by atoms with Crippen LogP contribution in [-0.4, -0.2) is 47.4 Å². The number of piperidine rings is 1. The van der Waals surface area contributed by atoms with Gasteiger partial charge in [0, 0.05) is 33.0 Å². The van der Waals surface area contributed by atoms with Crippen LogP contribution < -0.4 is 10.1 Å². The third-order valence-electron chi connectivity index (χ3n) is 4.03. The van der Waals surface area contributed by atoms with Gasteiger partial charge in [-0.3, -0.25) is 0 Å². The lowest BCUT2D eigenvalue weighted by atomic mass is 10.1. The first kappa shape index (κ1) is 18.1. The van der Waals surface area contributed by atoms with E-state index in [1.807, 2.05) is 0 Å². The van der Waals surface area contributed by atoms with Gasteiger partial charge in [-0.15, -0.1) is 0 Å². The zero-order chi connectivity index (χ0) is 18.4. The molecule has 1 fully saturated rings. The Balaban J connectivity index is 1.42. The molecular weight excluding hydrogens is 343 g/mol. The topological polar surface area (TPSA) is 89.7 Å². The van der Waals surface area contributed by atoms with Crippen LogP contribution in [0.5, 0.6) is 5.75 Å². The number of para-hydroxylation sites is 1. The van der Waals surface area contributed by atoms with E-state index in [0.29, 0.717) is 37.6 Å². The smallest absolute Gasteiger partial charge is 0.317 e. The van der Waals surface area contributed by atoms with Crippen molar-refractivity contribution in [1.29, 1.82) is 0 Å². The molecule has 2 aromatic rings. The Morgan fingerprint density at radius 2 is 2.15 bits per heavy atom. The van der Waals surface area contributed by atoms with E-state index in [4.69, 9.17) is 14.0 Å². The first-order valence-electron chi connectivity index (χ1n) is 8.40. The molecule has 2 amide bonds. The fourth-order valence-corrected chi connectivity index (χ4v) is 2.71. The van der Waals surface area contributed by atoms with Gasteiger partial charge in [0.2, 0.25) is 5.89 Å². The number of nitrogens with zero attached hydrogens (tertiary/aromatic N) is 3. The molecule has 1 aliphatic rings. The molecule has 0 unspecified atom stereocenters. The zero-order valence-electron chi connectivity index (χ0n) is 14.5. The Hall–Kier alpha value is -2.68. The van der Waals surface area contributed by atoms with Crippen molar-refractivity contribution in [2.45, 2.75) is 32.1 Å². The van der Waals surface area contributed by atoms with Crippen molar-refractivity contribution in [2.75, 3.05) is 20.2 Å². The second-order valence-electron chi connectivity index (χ2n) is 5.93. The van der Waals surface area contributed by atoms with Crippen LogP contribution >= 0.6 is 0 Å². The largest absolute Gasteiger partial charge is 0.487 e. The fraction of sp³-hybridized carbons (Fsp3) is 0.471. The first-order chi connectivity index (χ1) is 12.7. The highest BCUT2D eigenvalue weighted by Crippen LogP contribution is 2.21. The molecule has 1 N–H and O–H groups in total. The van der Waals surface area contributed by atoms with Gasteiger partial charge >= 0.3 is 6.03 Å². The van der Waals surface area contributed by atoms with Gasteiger partial charge in [0.25, 0.3) is 0 Å². The summed E-state index contributed by atoms with van der Waals surface area (Å²) in [6.07, 6.45) is 1.17. The van der Waals surface area contributed by atoms with Crippen LogP contribution in [0.25, 0.3) is 0 Å². The number of nitrogens with one attached hydrogen (secondary N) is 1. The molecule has 1 aliphatic heterocycles. The minimum atomic E-state index is -0.375. The van der Waals surface area contributed by atoms with Crippen molar-refractivity contribution in [1.82, 2.24) is 20.4 Å². The molecule has 0 bridgehead atoms. The van der Waals surface area contributed by atoms with Crippen LogP contribution in [0.3, 0.4) is 0 Å².